The molecule has 0 amide bonds. The van der Waals surface area contributed by atoms with Gasteiger partial charge in [0.15, 0.2) is 5.82 Å². The van der Waals surface area contributed by atoms with Crippen molar-refractivity contribution in [2.75, 3.05) is 18.0 Å². The Kier molecular flexibility index (Phi) is 3.36. The number of aliphatic carboxylic acids is 1. The molecule has 0 radical (unpaired) electrons. The molecule has 2 aliphatic rings. The van der Waals surface area contributed by atoms with Crippen LogP contribution in [0.5, 0.6) is 0 Å². The number of anilines is 1. The maximum atomic E-state index is 11.0. The largest absolute Gasteiger partial charge is 0.481 e. The van der Waals surface area contributed by atoms with Gasteiger partial charge in [0.2, 0.25) is 0 Å². The monoisotopic (exact) mass is 261 g/mol. The Hall–Kier alpha value is -1.65. The molecule has 2 heterocycles. The molecule has 0 bridgehead atoms. The third-order valence-electron chi connectivity index (χ3n) is 4.17. The number of rotatable bonds is 2. The average molecular weight is 261 g/mol. The van der Waals surface area contributed by atoms with Gasteiger partial charge in [0, 0.05) is 13.1 Å². The van der Waals surface area contributed by atoms with Gasteiger partial charge >= 0.3 is 5.97 Å². The molecule has 1 atom stereocenters. The number of hydrogen-bond donors (Lipinski definition) is 1. The van der Waals surface area contributed by atoms with Crippen LogP contribution in [0, 0.1) is 5.92 Å². The molecule has 0 unspecified atom stereocenters. The Labute approximate surface area is 112 Å². The van der Waals surface area contributed by atoms with E-state index in [0.29, 0.717) is 13.0 Å². The van der Waals surface area contributed by atoms with Gasteiger partial charge in [0.25, 0.3) is 0 Å². The zero-order chi connectivity index (χ0) is 13.2. The van der Waals surface area contributed by atoms with E-state index < -0.39 is 5.97 Å². The third kappa shape index (κ3) is 2.55. The highest BCUT2D eigenvalue weighted by Gasteiger charge is 2.29. The van der Waals surface area contributed by atoms with Crippen molar-refractivity contribution < 1.29 is 9.90 Å². The first kappa shape index (κ1) is 12.4. The number of carboxylic acid groups (broad SMARTS) is 1. The van der Waals surface area contributed by atoms with Crippen molar-refractivity contribution in [2.24, 2.45) is 5.92 Å². The molecule has 0 saturated carbocycles. The van der Waals surface area contributed by atoms with Crippen molar-refractivity contribution >= 4 is 11.8 Å². The molecule has 1 fully saturated rings. The maximum absolute atomic E-state index is 11.0. The summed E-state index contributed by atoms with van der Waals surface area (Å²) in [6.07, 6.45) is 6.49. The highest BCUT2D eigenvalue weighted by molar-refractivity contribution is 5.71. The Bertz CT molecular complexity index is 490. The molecular formula is C14H19N3O2. The minimum absolute atomic E-state index is 0.263. The van der Waals surface area contributed by atoms with Gasteiger partial charge in [-0.2, -0.15) is 5.10 Å². The van der Waals surface area contributed by atoms with E-state index in [0.717, 1.165) is 30.9 Å². The first-order chi connectivity index (χ1) is 9.24. The average Bonchev–Trinajstić information content (AvgIpc) is 2.78. The molecule has 102 valence electrons. The van der Waals surface area contributed by atoms with Crippen molar-refractivity contribution in [1.82, 2.24) is 10.2 Å². The quantitative estimate of drug-likeness (QED) is 0.820. The summed E-state index contributed by atoms with van der Waals surface area (Å²) in [5.41, 5.74) is 2.44. The van der Waals surface area contributed by atoms with Crippen LogP contribution in [0.2, 0.25) is 0 Å². The van der Waals surface area contributed by atoms with Gasteiger partial charge in [0.05, 0.1) is 11.6 Å². The smallest absolute Gasteiger partial charge is 0.308 e. The van der Waals surface area contributed by atoms with Gasteiger partial charge in [-0.1, -0.05) is 6.42 Å². The van der Waals surface area contributed by atoms with E-state index in [2.05, 4.69) is 21.2 Å². The summed E-state index contributed by atoms with van der Waals surface area (Å²) in [4.78, 5) is 13.0. The molecule has 1 N–H and O–H groups in total. The molecule has 1 aliphatic heterocycles. The minimum Gasteiger partial charge on any atom is -0.481 e. The molecule has 1 aliphatic carbocycles. The fraction of sp³-hybridized carbons (Fsp3) is 0.643. The van der Waals surface area contributed by atoms with E-state index >= 15 is 0 Å². The van der Waals surface area contributed by atoms with Crippen molar-refractivity contribution in [3.05, 3.63) is 17.3 Å². The van der Waals surface area contributed by atoms with Crippen LogP contribution in [0.3, 0.4) is 0 Å². The Balaban J connectivity index is 1.79. The van der Waals surface area contributed by atoms with E-state index in [1.54, 1.807) is 0 Å². The standard InChI is InChI=1S/C14H19N3O2/c18-14(19)11-6-7-17(9-11)13-8-10-4-2-1-3-5-12(10)15-16-13/h8,11H,1-7,9H2,(H,18,19)/t11-/m0/s1. The molecule has 1 aromatic heterocycles. The Morgan fingerprint density at radius 3 is 2.89 bits per heavy atom. The lowest BCUT2D eigenvalue weighted by Crippen LogP contribution is -2.24. The number of aromatic nitrogens is 2. The van der Waals surface area contributed by atoms with Gasteiger partial charge in [0.1, 0.15) is 0 Å². The van der Waals surface area contributed by atoms with Gasteiger partial charge in [-0.3, -0.25) is 4.79 Å². The van der Waals surface area contributed by atoms with Crippen molar-refractivity contribution in [3.63, 3.8) is 0 Å². The highest BCUT2D eigenvalue weighted by atomic mass is 16.4. The molecule has 1 aromatic rings. The summed E-state index contributed by atoms with van der Waals surface area (Å²) >= 11 is 0. The summed E-state index contributed by atoms with van der Waals surface area (Å²) in [7, 11) is 0. The Morgan fingerprint density at radius 2 is 2.11 bits per heavy atom. The summed E-state index contributed by atoms with van der Waals surface area (Å²) in [5.74, 6) is -0.116. The van der Waals surface area contributed by atoms with Crippen LogP contribution in [0.4, 0.5) is 5.82 Å². The van der Waals surface area contributed by atoms with Crippen LogP contribution in [0.25, 0.3) is 0 Å². The van der Waals surface area contributed by atoms with Crippen LogP contribution in [-0.2, 0) is 17.6 Å². The Morgan fingerprint density at radius 1 is 1.26 bits per heavy atom. The maximum Gasteiger partial charge on any atom is 0.308 e. The molecule has 0 aromatic carbocycles. The van der Waals surface area contributed by atoms with Gasteiger partial charge in [-0.05, 0) is 43.7 Å². The zero-order valence-corrected chi connectivity index (χ0v) is 11.0. The second-order valence-electron chi connectivity index (χ2n) is 5.50. The minimum atomic E-state index is -0.704. The predicted molar refractivity (Wildman–Crippen MR) is 71.2 cm³/mol. The lowest BCUT2D eigenvalue weighted by molar-refractivity contribution is -0.140. The van der Waals surface area contributed by atoms with E-state index in [-0.39, 0.29) is 5.92 Å². The second-order valence-corrected chi connectivity index (χ2v) is 5.50. The molecule has 0 spiro atoms. The third-order valence-corrected chi connectivity index (χ3v) is 4.17. The summed E-state index contributed by atoms with van der Waals surface area (Å²) in [6, 6.07) is 2.12. The number of fused-ring (bicyclic) bond motifs is 1. The summed E-state index contributed by atoms with van der Waals surface area (Å²) < 4.78 is 0. The van der Waals surface area contributed by atoms with E-state index in [1.807, 2.05) is 0 Å². The predicted octanol–water partition coefficient (Wildman–Crippen LogP) is 1.66. The van der Waals surface area contributed by atoms with Crippen molar-refractivity contribution in [2.45, 2.75) is 38.5 Å². The second kappa shape index (κ2) is 5.15. The zero-order valence-electron chi connectivity index (χ0n) is 11.0. The fourth-order valence-corrected chi connectivity index (χ4v) is 2.98. The lowest BCUT2D eigenvalue weighted by atomic mass is 10.1. The number of aryl methyl sites for hydroxylation is 2. The highest BCUT2D eigenvalue weighted by Crippen LogP contribution is 2.25. The van der Waals surface area contributed by atoms with Crippen LogP contribution in [0.1, 0.15) is 36.9 Å². The molecule has 5 nitrogen and oxygen atoms in total. The van der Waals surface area contributed by atoms with Crippen LogP contribution in [-0.4, -0.2) is 34.4 Å². The molecule has 3 rings (SSSR count). The molecular weight excluding hydrogens is 242 g/mol. The van der Waals surface area contributed by atoms with E-state index in [9.17, 15) is 4.79 Å². The normalized spacial score (nSPS) is 22.9. The van der Waals surface area contributed by atoms with Gasteiger partial charge in [-0.15, -0.1) is 5.10 Å². The van der Waals surface area contributed by atoms with Crippen LogP contribution >= 0.6 is 0 Å². The molecule has 5 heteroatoms. The number of nitrogens with zero attached hydrogens (tertiary/aromatic N) is 3. The molecule has 19 heavy (non-hydrogen) atoms. The summed E-state index contributed by atoms with van der Waals surface area (Å²) in [5, 5.41) is 17.7. The SMILES string of the molecule is O=C(O)[C@H]1CCN(c2cc3c(nn2)CCCCC3)C1. The van der Waals surface area contributed by atoms with Crippen LogP contribution in [0.15, 0.2) is 6.07 Å². The topological polar surface area (TPSA) is 66.3 Å². The fourth-order valence-electron chi connectivity index (χ4n) is 2.98. The van der Waals surface area contributed by atoms with E-state index in [4.69, 9.17) is 5.11 Å². The number of carboxylic acids is 1. The lowest BCUT2D eigenvalue weighted by Gasteiger charge is -2.17. The van der Waals surface area contributed by atoms with Gasteiger partial charge < -0.3 is 10.0 Å². The van der Waals surface area contributed by atoms with Crippen LogP contribution < -0.4 is 4.90 Å². The van der Waals surface area contributed by atoms with Crippen molar-refractivity contribution in [1.29, 1.82) is 0 Å². The number of carbonyl (C=O) groups is 1. The first-order valence-electron chi connectivity index (χ1n) is 7.07. The molecule has 1 saturated heterocycles. The summed E-state index contributed by atoms with van der Waals surface area (Å²) in [6.45, 7) is 1.33. The van der Waals surface area contributed by atoms with Crippen molar-refractivity contribution in [3.8, 4) is 0 Å². The number of hydrogen-bond acceptors (Lipinski definition) is 4. The van der Waals surface area contributed by atoms with Gasteiger partial charge in [-0.25, -0.2) is 0 Å². The first-order valence-corrected chi connectivity index (χ1v) is 7.07. The van der Waals surface area contributed by atoms with E-state index in [1.165, 1.54) is 24.8 Å².